The number of hydrogen-bond acceptors (Lipinski definition) is 7. The zero-order valence-corrected chi connectivity index (χ0v) is 28.0. The maximum absolute atomic E-state index is 13.5. The van der Waals surface area contributed by atoms with Gasteiger partial charge in [0.2, 0.25) is 5.52 Å². The first-order valence-electron chi connectivity index (χ1n) is 15.3. The molecule has 11 heteroatoms. The monoisotopic (exact) mass is 677 g/mol. The lowest BCUT2D eigenvalue weighted by Gasteiger charge is -2.30. The Morgan fingerprint density at radius 2 is 1.81 bits per heavy atom. The average molecular weight is 678 g/mol. The Morgan fingerprint density at radius 3 is 2.58 bits per heavy atom. The van der Waals surface area contributed by atoms with Gasteiger partial charge in [-0.05, 0) is 72.4 Å². The number of thiocarbonyl (C=S) groups is 1. The number of anilines is 1. The Balaban J connectivity index is 1.19. The number of carboxylic acids is 1. The predicted molar refractivity (Wildman–Crippen MR) is 192 cm³/mol. The Morgan fingerprint density at radius 1 is 1.02 bits per heavy atom. The fraction of sp³-hybridized carbons (Fsp3) is 0.189. The number of aromatic hydroxyl groups is 1. The number of nitrogens with one attached hydrogen (secondary N) is 1. The molecule has 0 spiro atoms. The van der Waals surface area contributed by atoms with Crippen molar-refractivity contribution < 1.29 is 24.2 Å². The summed E-state index contributed by atoms with van der Waals surface area (Å²) in [6.45, 7) is 7.38. The van der Waals surface area contributed by atoms with Crippen LogP contribution in [0.1, 0.15) is 42.4 Å². The smallest absolute Gasteiger partial charge is 0.336 e. The summed E-state index contributed by atoms with van der Waals surface area (Å²) in [7, 11) is 0. The number of benzene rings is 4. The van der Waals surface area contributed by atoms with Crippen molar-refractivity contribution in [2.75, 3.05) is 11.9 Å². The van der Waals surface area contributed by atoms with Gasteiger partial charge in [-0.3, -0.25) is 4.79 Å². The van der Waals surface area contributed by atoms with Gasteiger partial charge in [0.15, 0.2) is 16.2 Å². The first-order valence-corrected chi connectivity index (χ1v) is 16.6. The molecule has 3 aromatic carbocycles. The van der Waals surface area contributed by atoms with Crippen molar-refractivity contribution in [3.05, 3.63) is 111 Å². The topological polar surface area (TPSA) is 130 Å². The van der Waals surface area contributed by atoms with Crippen LogP contribution in [-0.4, -0.2) is 37.5 Å². The number of nitrogens with zero attached hydrogens (tertiary/aromatic N) is 2. The highest BCUT2D eigenvalue weighted by Gasteiger charge is 2.28. The third-order valence-corrected chi connectivity index (χ3v) is 9.77. The van der Waals surface area contributed by atoms with Crippen LogP contribution in [0.2, 0.25) is 0 Å². The first-order chi connectivity index (χ1) is 22.8. The van der Waals surface area contributed by atoms with Crippen LogP contribution in [-0.2, 0) is 13.0 Å². The lowest BCUT2D eigenvalue weighted by atomic mass is 9.90. The van der Waals surface area contributed by atoms with Crippen LogP contribution in [0.15, 0.2) is 93.0 Å². The fourth-order valence-corrected chi connectivity index (χ4v) is 7.54. The summed E-state index contributed by atoms with van der Waals surface area (Å²) in [5.74, 6) is -0.898. The van der Waals surface area contributed by atoms with Crippen LogP contribution in [0.5, 0.6) is 5.75 Å². The summed E-state index contributed by atoms with van der Waals surface area (Å²) in [5, 5.41) is 38.9. The molecule has 0 radical (unpaired) electrons. The van der Waals surface area contributed by atoms with Gasteiger partial charge in [0, 0.05) is 67.5 Å². The maximum atomic E-state index is 13.5. The lowest BCUT2D eigenvalue weighted by molar-refractivity contribution is -0.587. The summed E-state index contributed by atoms with van der Waals surface area (Å²) in [4.78, 5) is 27.8. The number of carboxylic acid groups (broad SMARTS) is 1. The molecular weight excluding hydrogens is 647 g/mol. The van der Waals surface area contributed by atoms with Gasteiger partial charge >= 0.3 is 5.97 Å². The molecular formula is C37H31N3O6S2. The Hall–Kier alpha value is -5.13. The number of phenols is 1. The van der Waals surface area contributed by atoms with Gasteiger partial charge < -0.3 is 30.1 Å². The molecule has 0 saturated carbocycles. The Labute approximate surface area is 285 Å². The van der Waals surface area contributed by atoms with Crippen molar-refractivity contribution in [3.8, 4) is 28.2 Å². The molecule has 0 saturated heterocycles. The van der Waals surface area contributed by atoms with E-state index in [4.69, 9.17) is 16.6 Å². The van der Waals surface area contributed by atoms with Gasteiger partial charge in [-0.2, -0.15) is 4.73 Å². The van der Waals surface area contributed by atoms with E-state index in [0.717, 1.165) is 26.3 Å². The van der Waals surface area contributed by atoms with Crippen LogP contribution in [0.25, 0.3) is 44.3 Å². The quantitative estimate of drug-likeness (QED) is 0.0571. The number of fused-ring (bicyclic) bond motifs is 4. The number of phenolic OH excluding ortho intramolecular Hbond substituents is 1. The molecule has 7 rings (SSSR count). The van der Waals surface area contributed by atoms with Gasteiger partial charge in [0.05, 0.1) is 18.5 Å². The number of thioether (sulfide) groups is 1. The van der Waals surface area contributed by atoms with Crippen LogP contribution in [0.3, 0.4) is 0 Å². The molecule has 3 aliphatic rings. The molecule has 0 bridgehead atoms. The second-order valence-electron chi connectivity index (χ2n) is 12.8. The Bertz CT molecular complexity index is 2330. The number of pyridine rings is 1. The van der Waals surface area contributed by atoms with Crippen molar-refractivity contribution in [2.45, 2.75) is 43.4 Å². The van der Waals surface area contributed by atoms with Crippen molar-refractivity contribution in [2.24, 2.45) is 0 Å². The molecule has 1 aliphatic carbocycles. The molecule has 9 nitrogen and oxygen atoms in total. The third kappa shape index (κ3) is 5.91. The number of hydrogen-bond donors (Lipinski definition) is 3. The maximum Gasteiger partial charge on any atom is 0.336 e. The lowest BCUT2D eigenvalue weighted by Crippen LogP contribution is -2.44. The third-order valence-electron chi connectivity index (χ3n) is 8.30. The molecule has 0 fully saturated rings. The second-order valence-corrected chi connectivity index (χ2v) is 15.1. The van der Waals surface area contributed by atoms with Crippen LogP contribution in [0, 0.1) is 5.21 Å². The minimum Gasteiger partial charge on any atom is -0.618 e. The summed E-state index contributed by atoms with van der Waals surface area (Å²) in [6.07, 6.45) is 0.506. The zero-order valence-electron chi connectivity index (χ0n) is 26.4. The fourth-order valence-electron chi connectivity index (χ4n) is 6.25. The second kappa shape index (κ2) is 11.8. The molecule has 2 aliphatic heterocycles. The largest absolute Gasteiger partial charge is 0.618 e. The highest BCUT2D eigenvalue weighted by Crippen LogP contribution is 2.42. The molecule has 0 atom stereocenters. The number of rotatable bonds is 4. The van der Waals surface area contributed by atoms with E-state index in [1.807, 2.05) is 29.2 Å². The molecule has 0 amide bonds. The summed E-state index contributed by atoms with van der Waals surface area (Å²) >= 11 is 7.51. The number of aromatic nitrogens is 1. The van der Waals surface area contributed by atoms with Crippen LogP contribution < -0.4 is 15.5 Å². The Kier molecular flexibility index (Phi) is 7.76. The molecule has 0 unspecified atom stereocenters. The van der Waals surface area contributed by atoms with E-state index in [1.54, 1.807) is 36.0 Å². The van der Waals surface area contributed by atoms with E-state index >= 15 is 0 Å². The zero-order chi connectivity index (χ0) is 33.9. The van der Waals surface area contributed by atoms with Gasteiger partial charge in [0.1, 0.15) is 17.1 Å². The van der Waals surface area contributed by atoms with E-state index in [0.29, 0.717) is 63.5 Å². The highest BCUT2D eigenvalue weighted by atomic mass is 32.2. The van der Waals surface area contributed by atoms with Gasteiger partial charge in [-0.1, -0.05) is 26.8 Å². The van der Waals surface area contributed by atoms with E-state index in [1.165, 1.54) is 30.3 Å². The minimum atomic E-state index is -1.15. The van der Waals surface area contributed by atoms with Crippen molar-refractivity contribution >= 4 is 62.6 Å². The summed E-state index contributed by atoms with van der Waals surface area (Å²) < 4.78 is 7.00. The van der Waals surface area contributed by atoms with E-state index in [-0.39, 0.29) is 27.2 Å². The summed E-state index contributed by atoms with van der Waals surface area (Å²) in [5.41, 5.74) is 4.36. The molecule has 48 heavy (non-hydrogen) atoms. The van der Waals surface area contributed by atoms with E-state index in [2.05, 4.69) is 26.1 Å². The van der Waals surface area contributed by atoms with E-state index in [9.17, 15) is 25.0 Å². The van der Waals surface area contributed by atoms with Crippen molar-refractivity contribution in [1.82, 2.24) is 4.90 Å². The SMILES string of the molecule is CC(C)(C)Sc1ccc2cc3c([n+]([O-])c2c1)CCN(C(=S)Nc1ccc(-c2c4ccc(=O)cc-4oc4cc(O)ccc24)c(C(=O)O)c1)C3. The van der Waals surface area contributed by atoms with Crippen molar-refractivity contribution in [1.29, 1.82) is 0 Å². The molecule has 242 valence electrons. The minimum absolute atomic E-state index is 0.0164. The normalized spacial score (nSPS) is 13.2. The number of aromatic carboxylic acids is 1. The average Bonchev–Trinajstić information content (AvgIpc) is 3.03. The summed E-state index contributed by atoms with van der Waals surface area (Å²) in [6, 6.07) is 22.0. The van der Waals surface area contributed by atoms with Crippen LogP contribution >= 0.6 is 24.0 Å². The first kappa shape index (κ1) is 31.5. The molecule has 3 heterocycles. The molecule has 1 aromatic heterocycles. The van der Waals surface area contributed by atoms with Gasteiger partial charge in [0.25, 0.3) is 0 Å². The molecule has 4 aromatic rings. The number of carbonyl (C=O) groups is 1. The highest BCUT2D eigenvalue weighted by molar-refractivity contribution is 8.00. The van der Waals surface area contributed by atoms with E-state index < -0.39 is 5.97 Å². The standard InChI is InChI=1S/C37H31N3O6S2/c1-37(2,3)48-25-8-4-20-14-21-19-39(13-12-30(21)40(45)31(20)18-25)36(47)38-22-5-9-26(29(15-22)35(43)44)34-27-10-6-23(41)16-32(27)46-33-17-24(42)7-11-28(33)34/h4-11,14-18,41H,12-13,19H2,1-3H3,(H,38,47)(H,43,44). The van der Waals surface area contributed by atoms with Crippen LogP contribution in [0.4, 0.5) is 5.69 Å². The van der Waals surface area contributed by atoms with Gasteiger partial charge in [-0.25, -0.2) is 4.79 Å². The van der Waals surface area contributed by atoms with Gasteiger partial charge in [-0.15, -0.1) is 11.8 Å². The predicted octanol–water partition coefficient (Wildman–Crippen LogP) is 7.40. The molecule has 3 N–H and O–H groups in total. The van der Waals surface area contributed by atoms with Crippen molar-refractivity contribution in [3.63, 3.8) is 0 Å².